The van der Waals surface area contributed by atoms with Gasteiger partial charge in [0.2, 0.25) is 0 Å². The van der Waals surface area contributed by atoms with Gasteiger partial charge in [-0.2, -0.15) is 0 Å². The van der Waals surface area contributed by atoms with Gasteiger partial charge < -0.3 is 14.8 Å². The van der Waals surface area contributed by atoms with E-state index in [4.69, 9.17) is 21.1 Å². The van der Waals surface area contributed by atoms with Crippen molar-refractivity contribution in [3.05, 3.63) is 56.1 Å². The first-order chi connectivity index (χ1) is 11.0. The number of hydrogen-bond donors (Lipinski definition) is 1. The van der Waals surface area contributed by atoms with Gasteiger partial charge in [0.25, 0.3) is 5.91 Å². The van der Waals surface area contributed by atoms with Crippen LogP contribution < -0.4 is 14.8 Å². The van der Waals surface area contributed by atoms with Crippen molar-refractivity contribution in [2.75, 3.05) is 20.8 Å². The fourth-order valence-corrected chi connectivity index (χ4v) is 3.11. The summed E-state index contributed by atoms with van der Waals surface area (Å²) in [4.78, 5) is 12.3. The Kier molecular flexibility index (Phi) is 6.53. The second kappa shape index (κ2) is 8.40. The van der Waals surface area contributed by atoms with Crippen molar-refractivity contribution >= 4 is 40.1 Å². The first-order valence-electron chi connectivity index (χ1n) is 6.99. The maximum Gasteiger partial charge on any atom is 0.255 e. The number of carbonyl (C=O) groups is 1. The number of rotatable bonds is 6. The molecule has 0 aliphatic heterocycles. The molecule has 1 amide bonds. The zero-order valence-electron chi connectivity index (χ0n) is 12.9. The summed E-state index contributed by atoms with van der Waals surface area (Å²) in [6.07, 6.45) is 0.731. The highest BCUT2D eigenvalue weighted by molar-refractivity contribution is 14.1. The lowest BCUT2D eigenvalue weighted by atomic mass is 10.1. The molecule has 0 aliphatic carbocycles. The number of amides is 1. The topological polar surface area (TPSA) is 47.6 Å². The van der Waals surface area contributed by atoms with Gasteiger partial charge >= 0.3 is 0 Å². The zero-order valence-corrected chi connectivity index (χ0v) is 15.8. The van der Waals surface area contributed by atoms with Gasteiger partial charge in [-0.25, -0.2) is 0 Å². The highest BCUT2D eigenvalue weighted by Gasteiger charge is 2.12. The number of hydrogen-bond acceptors (Lipinski definition) is 3. The summed E-state index contributed by atoms with van der Waals surface area (Å²) in [6.45, 7) is 0.525. The van der Waals surface area contributed by atoms with Crippen LogP contribution in [0.5, 0.6) is 11.5 Å². The second-order valence-corrected chi connectivity index (χ2v) is 6.42. The quantitative estimate of drug-likeness (QED) is 0.685. The number of halogens is 2. The van der Waals surface area contributed by atoms with Gasteiger partial charge in [0.05, 0.1) is 23.4 Å². The molecule has 0 spiro atoms. The average Bonchev–Trinajstić information content (AvgIpc) is 2.55. The monoisotopic (exact) mass is 445 g/mol. The van der Waals surface area contributed by atoms with Crippen LogP contribution in [0.2, 0.25) is 5.02 Å². The van der Waals surface area contributed by atoms with Crippen LogP contribution in [0.1, 0.15) is 15.9 Å². The molecule has 0 atom stereocenters. The van der Waals surface area contributed by atoms with E-state index in [-0.39, 0.29) is 5.91 Å². The van der Waals surface area contributed by atoms with E-state index < -0.39 is 0 Å². The minimum atomic E-state index is -0.201. The molecule has 0 unspecified atom stereocenters. The molecule has 1 N–H and O–H groups in total. The Labute approximate surface area is 154 Å². The highest BCUT2D eigenvalue weighted by Crippen LogP contribution is 2.23. The van der Waals surface area contributed by atoms with E-state index in [1.54, 1.807) is 25.3 Å². The van der Waals surface area contributed by atoms with Crippen molar-refractivity contribution in [1.82, 2.24) is 5.32 Å². The Morgan fingerprint density at radius 2 is 1.83 bits per heavy atom. The molecule has 0 fully saturated rings. The van der Waals surface area contributed by atoms with Crippen LogP contribution in [0.4, 0.5) is 0 Å². The molecule has 0 bridgehead atoms. The molecule has 0 saturated carbocycles. The summed E-state index contributed by atoms with van der Waals surface area (Å²) in [5.41, 5.74) is 1.57. The van der Waals surface area contributed by atoms with Crippen molar-refractivity contribution in [3.63, 3.8) is 0 Å². The molecule has 0 aromatic heterocycles. The largest absolute Gasteiger partial charge is 0.496 e. The summed E-state index contributed by atoms with van der Waals surface area (Å²) < 4.78 is 11.5. The van der Waals surface area contributed by atoms with E-state index in [2.05, 4.69) is 27.9 Å². The van der Waals surface area contributed by atoms with Crippen LogP contribution in [-0.4, -0.2) is 26.7 Å². The van der Waals surface area contributed by atoms with E-state index in [9.17, 15) is 4.79 Å². The number of ether oxygens (including phenoxy) is 2. The standard InChI is InChI=1S/C17H17ClINO3/c1-22-15-6-4-12(18)10-13(15)17(21)20-8-7-11-3-5-16(23-2)14(19)9-11/h3-6,9-10H,7-8H2,1-2H3,(H,20,21). The van der Waals surface area contributed by atoms with Crippen molar-refractivity contribution < 1.29 is 14.3 Å². The summed E-state index contributed by atoms with van der Waals surface area (Å²) >= 11 is 8.18. The van der Waals surface area contributed by atoms with E-state index in [0.717, 1.165) is 21.3 Å². The van der Waals surface area contributed by atoms with Gasteiger partial charge in [-0.3, -0.25) is 4.79 Å². The lowest BCUT2D eigenvalue weighted by Crippen LogP contribution is -2.26. The van der Waals surface area contributed by atoms with Gasteiger partial charge in [-0.15, -0.1) is 0 Å². The molecule has 6 heteroatoms. The summed E-state index contributed by atoms with van der Waals surface area (Å²) in [5.74, 6) is 1.15. The number of methoxy groups -OCH3 is 2. The van der Waals surface area contributed by atoms with E-state index in [1.165, 1.54) is 7.11 Å². The molecule has 4 nitrogen and oxygen atoms in total. The maximum atomic E-state index is 12.3. The van der Waals surface area contributed by atoms with Crippen molar-refractivity contribution in [1.29, 1.82) is 0 Å². The Balaban J connectivity index is 1.97. The average molecular weight is 446 g/mol. The van der Waals surface area contributed by atoms with Crippen molar-refractivity contribution in [3.8, 4) is 11.5 Å². The predicted molar refractivity (Wildman–Crippen MR) is 99.8 cm³/mol. The second-order valence-electron chi connectivity index (χ2n) is 4.82. The SMILES string of the molecule is COc1ccc(CCNC(=O)c2cc(Cl)ccc2OC)cc1I. The molecule has 0 saturated heterocycles. The Bertz CT molecular complexity index is 706. The third-order valence-electron chi connectivity index (χ3n) is 3.32. The Morgan fingerprint density at radius 3 is 2.48 bits per heavy atom. The molecule has 23 heavy (non-hydrogen) atoms. The first-order valence-corrected chi connectivity index (χ1v) is 8.45. The van der Waals surface area contributed by atoms with Crippen LogP contribution in [-0.2, 0) is 6.42 Å². The van der Waals surface area contributed by atoms with Gasteiger partial charge in [-0.05, 0) is 64.9 Å². The third kappa shape index (κ3) is 4.75. The number of carbonyl (C=O) groups excluding carboxylic acids is 1. The summed E-state index contributed by atoms with van der Waals surface area (Å²) in [7, 11) is 3.18. The molecule has 0 radical (unpaired) electrons. The van der Waals surface area contributed by atoms with Crippen LogP contribution in [0.15, 0.2) is 36.4 Å². The van der Waals surface area contributed by atoms with Gasteiger partial charge in [0, 0.05) is 11.6 Å². The zero-order chi connectivity index (χ0) is 16.8. The molecule has 2 aromatic carbocycles. The minimum Gasteiger partial charge on any atom is -0.496 e. The van der Waals surface area contributed by atoms with Crippen molar-refractivity contribution in [2.45, 2.75) is 6.42 Å². The van der Waals surface area contributed by atoms with E-state index in [0.29, 0.717) is 22.9 Å². The number of benzene rings is 2. The highest BCUT2D eigenvalue weighted by atomic mass is 127. The normalized spacial score (nSPS) is 10.3. The fourth-order valence-electron chi connectivity index (χ4n) is 2.14. The van der Waals surface area contributed by atoms with Crippen LogP contribution in [0.25, 0.3) is 0 Å². The molecular weight excluding hydrogens is 429 g/mol. The van der Waals surface area contributed by atoms with Crippen LogP contribution >= 0.6 is 34.2 Å². The van der Waals surface area contributed by atoms with Crippen LogP contribution in [0.3, 0.4) is 0 Å². The lowest BCUT2D eigenvalue weighted by Gasteiger charge is -2.10. The fraction of sp³-hybridized carbons (Fsp3) is 0.235. The molecule has 122 valence electrons. The summed E-state index contributed by atoms with van der Waals surface area (Å²) in [6, 6.07) is 10.9. The van der Waals surface area contributed by atoms with Gasteiger partial charge in [0.1, 0.15) is 11.5 Å². The minimum absolute atomic E-state index is 0.201. The Hall–Kier alpha value is -1.47. The first kappa shape index (κ1) is 17.9. The number of nitrogens with one attached hydrogen (secondary N) is 1. The summed E-state index contributed by atoms with van der Waals surface area (Å²) in [5, 5.41) is 3.39. The molecule has 2 rings (SSSR count). The predicted octanol–water partition coefficient (Wildman–Crippen LogP) is 3.93. The smallest absolute Gasteiger partial charge is 0.255 e. The van der Waals surface area contributed by atoms with E-state index >= 15 is 0 Å². The van der Waals surface area contributed by atoms with Crippen molar-refractivity contribution in [2.24, 2.45) is 0 Å². The van der Waals surface area contributed by atoms with E-state index in [1.807, 2.05) is 18.2 Å². The van der Waals surface area contributed by atoms with Crippen LogP contribution in [0, 0.1) is 3.57 Å². The van der Waals surface area contributed by atoms with Gasteiger partial charge in [-0.1, -0.05) is 17.7 Å². The molecular formula is C17H17ClINO3. The third-order valence-corrected chi connectivity index (χ3v) is 4.40. The molecule has 2 aromatic rings. The maximum absolute atomic E-state index is 12.3. The Morgan fingerprint density at radius 1 is 1.13 bits per heavy atom. The molecule has 0 aliphatic rings. The molecule has 0 heterocycles. The lowest BCUT2D eigenvalue weighted by molar-refractivity contribution is 0.0951. The van der Waals surface area contributed by atoms with Gasteiger partial charge in [0.15, 0.2) is 0 Å².